The Morgan fingerprint density at radius 2 is 0.700 bits per heavy atom. The second kappa shape index (κ2) is 7.87. The molecule has 3 aromatic rings. The summed E-state index contributed by atoms with van der Waals surface area (Å²) in [4.78, 5) is 0. The van der Waals surface area contributed by atoms with E-state index < -0.39 is 79.6 Å². The Hall–Kier alpha value is -2.09. The van der Waals surface area contributed by atoms with Gasteiger partial charge in [0, 0.05) is 0 Å². The Morgan fingerprint density at radius 1 is 0.433 bits per heavy atom. The summed E-state index contributed by atoms with van der Waals surface area (Å²) in [5.74, 6) is -24.7. The Morgan fingerprint density at radius 3 is 1.00 bits per heavy atom. The fraction of sp³-hybridized carbons (Fsp3) is 0. The second-order valence-electron chi connectivity index (χ2n) is 5.78. The zero-order chi connectivity index (χ0) is 22.5. The Bertz CT molecular complexity index is 1090. The number of benzene rings is 3. The molecule has 0 unspecified atom stereocenters. The molecule has 0 aliphatic rings. The van der Waals surface area contributed by atoms with Crippen LogP contribution in [0.15, 0.2) is 30.3 Å². The van der Waals surface area contributed by atoms with Crippen molar-refractivity contribution in [2.75, 3.05) is 0 Å². The second-order valence-corrected chi connectivity index (χ2v) is 11.9. The molecule has 0 atom stereocenters. The Labute approximate surface area is 169 Å². The molecule has 0 nitrogen and oxygen atoms in total. The van der Waals surface area contributed by atoms with Crippen molar-refractivity contribution >= 4 is 36.5 Å². The summed E-state index contributed by atoms with van der Waals surface area (Å²) in [5.41, 5.74) is -4.74. The quantitative estimate of drug-likeness (QED) is 0.157. The van der Waals surface area contributed by atoms with Gasteiger partial charge < -0.3 is 0 Å². The molecule has 0 saturated heterocycles. The van der Waals surface area contributed by atoms with Crippen LogP contribution >= 0.6 is 5.51 Å². The van der Waals surface area contributed by atoms with Crippen molar-refractivity contribution in [3.63, 3.8) is 0 Å². The molecule has 12 heteroatoms. The first-order valence-corrected chi connectivity index (χ1v) is 11.7. The van der Waals surface area contributed by atoms with E-state index in [0.717, 1.165) is 12.1 Å². The van der Waals surface area contributed by atoms with Gasteiger partial charge in [-0.25, -0.2) is 0 Å². The molecule has 0 aliphatic heterocycles. The summed E-state index contributed by atoms with van der Waals surface area (Å²) in [5, 5.41) is -3.90. The van der Waals surface area contributed by atoms with Crippen LogP contribution in [0, 0.1) is 58.2 Å². The van der Waals surface area contributed by atoms with Crippen molar-refractivity contribution in [2.24, 2.45) is 0 Å². The zero-order valence-corrected chi connectivity index (χ0v) is 16.6. The summed E-state index contributed by atoms with van der Waals surface area (Å²) >= 11 is 1.99. The first-order valence-electron chi connectivity index (χ1n) is 7.65. The van der Waals surface area contributed by atoms with E-state index in [1.165, 1.54) is 18.2 Å². The van der Waals surface area contributed by atoms with E-state index in [-0.39, 0.29) is 0 Å². The van der Waals surface area contributed by atoms with Gasteiger partial charge in [-0.1, -0.05) is 0 Å². The zero-order valence-electron chi connectivity index (χ0n) is 14.0. The summed E-state index contributed by atoms with van der Waals surface area (Å²) in [6.45, 7) is 0. The number of rotatable bonds is 3. The van der Waals surface area contributed by atoms with Gasteiger partial charge in [-0.3, -0.25) is 0 Å². The average Bonchev–Trinajstić information content (AvgIpc) is 2.74. The molecule has 3 aromatic carbocycles. The summed E-state index contributed by atoms with van der Waals surface area (Å²) < 4.78 is 141. The molecule has 0 saturated carbocycles. The summed E-state index contributed by atoms with van der Waals surface area (Å²) in [7, 11) is 0. The third kappa shape index (κ3) is 3.11. The van der Waals surface area contributed by atoms with Gasteiger partial charge in [0.25, 0.3) is 0 Å². The van der Waals surface area contributed by atoms with Crippen LogP contribution in [0.4, 0.5) is 43.9 Å². The first kappa shape index (κ1) is 22.6. The minimum atomic E-state index is -4.74. The van der Waals surface area contributed by atoms with Crippen molar-refractivity contribution in [1.82, 2.24) is 0 Å². The van der Waals surface area contributed by atoms with Gasteiger partial charge in [-0.2, -0.15) is 0 Å². The van der Waals surface area contributed by atoms with E-state index >= 15 is 0 Å². The van der Waals surface area contributed by atoms with Crippen LogP contribution in [0.25, 0.3) is 0 Å². The molecule has 0 heterocycles. The molecule has 0 radical (unpaired) electrons. The molecular weight excluding hydrogens is 516 g/mol. The fourth-order valence-electron chi connectivity index (χ4n) is 2.75. The number of hydrogen-bond donors (Lipinski definition) is 0. The van der Waals surface area contributed by atoms with Crippen molar-refractivity contribution < 1.29 is 43.9 Å². The predicted molar refractivity (Wildman–Crippen MR) is 90.5 cm³/mol. The monoisotopic (exact) mass is 522 g/mol. The van der Waals surface area contributed by atoms with Crippen molar-refractivity contribution in [3.05, 3.63) is 88.5 Å². The van der Waals surface area contributed by atoms with Crippen LogP contribution in [0.2, 0.25) is 0 Å². The molecular formula is C18H5F10PSe. The van der Waals surface area contributed by atoms with Crippen molar-refractivity contribution in [3.8, 4) is 0 Å². The van der Waals surface area contributed by atoms with Gasteiger partial charge in [0.15, 0.2) is 0 Å². The van der Waals surface area contributed by atoms with Crippen molar-refractivity contribution in [1.29, 1.82) is 0 Å². The molecule has 0 bridgehead atoms. The van der Waals surface area contributed by atoms with Crippen LogP contribution in [-0.4, -0.2) is 15.1 Å². The fourth-order valence-corrected chi connectivity index (χ4v) is 8.36. The third-order valence-corrected chi connectivity index (χ3v) is 10.8. The van der Waals surface area contributed by atoms with Crippen LogP contribution in [0.3, 0.4) is 0 Å². The number of halogens is 10. The van der Waals surface area contributed by atoms with Crippen LogP contribution in [0.1, 0.15) is 0 Å². The first-order chi connectivity index (χ1) is 14.0. The van der Waals surface area contributed by atoms with Gasteiger partial charge in [-0.05, 0) is 0 Å². The predicted octanol–water partition coefficient (Wildman–Crippen LogP) is 4.46. The Balaban J connectivity index is 2.63. The Kier molecular flexibility index (Phi) is 5.93. The van der Waals surface area contributed by atoms with Crippen LogP contribution < -0.4 is 15.9 Å². The molecule has 0 spiro atoms. The molecule has 30 heavy (non-hydrogen) atoms. The summed E-state index contributed by atoms with van der Waals surface area (Å²) in [6.07, 6.45) is 0. The van der Waals surface area contributed by atoms with Gasteiger partial charge >= 0.3 is 169 Å². The normalized spacial score (nSPS) is 11.8. The number of hydrogen-bond acceptors (Lipinski definition) is 0. The van der Waals surface area contributed by atoms with Crippen LogP contribution in [-0.2, 0) is 0 Å². The average molecular weight is 521 g/mol. The van der Waals surface area contributed by atoms with E-state index in [4.69, 9.17) is 0 Å². The SMILES string of the molecule is Fc1c(F)c(F)c(P(=[Se])(c2ccccc2)c2c(F)c(F)c(F)c(F)c2F)c(F)c1F. The standard InChI is InChI=1S/C18H5F10PSe/c19-7-9(21)13(25)17(14(26)10(7)22)29(30,6-4-2-1-3-5-6)18-15(27)11(23)8(20)12(24)16(18)28/h1-5H. The maximum atomic E-state index is 14.6. The van der Waals surface area contributed by atoms with E-state index in [1.807, 2.05) is 15.1 Å². The topological polar surface area (TPSA) is 0 Å². The molecule has 0 aliphatic carbocycles. The molecule has 3 rings (SSSR count). The van der Waals surface area contributed by atoms with E-state index in [0.29, 0.717) is 0 Å². The molecule has 0 aromatic heterocycles. The van der Waals surface area contributed by atoms with E-state index in [9.17, 15) is 43.9 Å². The molecule has 0 fully saturated rings. The van der Waals surface area contributed by atoms with Gasteiger partial charge in [-0.15, -0.1) is 0 Å². The van der Waals surface area contributed by atoms with Crippen LogP contribution in [0.5, 0.6) is 0 Å². The van der Waals surface area contributed by atoms with E-state index in [2.05, 4.69) is 0 Å². The molecule has 158 valence electrons. The maximum absolute atomic E-state index is 14.6. The van der Waals surface area contributed by atoms with Gasteiger partial charge in [0.2, 0.25) is 0 Å². The van der Waals surface area contributed by atoms with Gasteiger partial charge in [0.05, 0.1) is 0 Å². The van der Waals surface area contributed by atoms with Gasteiger partial charge in [0.1, 0.15) is 0 Å². The van der Waals surface area contributed by atoms with Crippen molar-refractivity contribution in [2.45, 2.75) is 0 Å². The third-order valence-electron chi connectivity index (χ3n) is 4.12. The van der Waals surface area contributed by atoms with E-state index in [1.54, 1.807) is 0 Å². The molecule has 0 N–H and O–H groups in total. The molecule has 0 amide bonds. The minimum absolute atomic E-state index is 0.448. The summed E-state index contributed by atoms with van der Waals surface area (Å²) in [6, 6.07) is 5.67.